The number of furan rings is 1. The Hall–Kier alpha value is -1.72. The van der Waals surface area contributed by atoms with Crippen molar-refractivity contribution in [2.75, 3.05) is 0 Å². The summed E-state index contributed by atoms with van der Waals surface area (Å²) in [6, 6.07) is 1.35. The van der Waals surface area contributed by atoms with Crippen LogP contribution in [0.4, 0.5) is 13.2 Å². The number of aryl methyl sites for hydroxylation is 2. The van der Waals surface area contributed by atoms with E-state index in [1.54, 1.807) is 6.92 Å². The highest BCUT2D eigenvalue weighted by atomic mass is 19.4. The fourth-order valence-corrected chi connectivity index (χ4v) is 1.17. The molecule has 1 N–H and O–H groups in total. The lowest BCUT2D eigenvalue weighted by Gasteiger charge is -2.01. The number of hydrogen-bond donors (Lipinski definition) is 1. The molecular weight excluding hydrogens is 225 g/mol. The Labute approximate surface area is 89.2 Å². The first-order valence-corrected chi connectivity index (χ1v) is 4.31. The van der Waals surface area contributed by atoms with Crippen LogP contribution in [0.3, 0.4) is 0 Å². The van der Waals surface area contributed by atoms with Gasteiger partial charge in [-0.3, -0.25) is 4.79 Å². The van der Waals surface area contributed by atoms with Gasteiger partial charge in [-0.05, 0) is 19.9 Å². The monoisotopic (exact) mass is 234 g/mol. The second-order valence-corrected chi connectivity index (χ2v) is 3.22. The van der Waals surface area contributed by atoms with E-state index in [1.165, 1.54) is 13.0 Å². The average molecular weight is 234 g/mol. The second-order valence-electron chi connectivity index (χ2n) is 3.22. The summed E-state index contributed by atoms with van der Waals surface area (Å²) in [5.41, 5.74) is 0.0788. The van der Waals surface area contributed by atoms with Gasteiger partial charge < -0.3 is 9.52 Å². The molecule has 0 radical (unpaired) electrons. The smallest absolute Gasteiger partial charge is 0.454 e. The standard InChI is InChI=1S/C10H9F3O3/c1-5-3-7(6(2)16-5)8(14)4-9(15)10(11,12)13/h3-4,14H,1-2H3. The maximum absolute atomic E-state index is 11.9. The molecule has 1 aromatic heterocycles. The highest BCUT2D eigenvalue weighted by Gasteiger charge is 2.37. The van der Waals surface area contributed by atoms with Gasteiger partial charge in [-0.1, -0.05) is 0 Å². The van der Waals surface area contributed by atoms with Crippen molar-refractivity contribution in [1.82, 2.24) is 0 Å². The quantitative estimate of drug-likeness (QED) is 0.632. The van der Waals surface area contributed by atoms with Crippen LogP contribution in [0.15, 0.2) is 16.6 Å². The molecule has 0 aliphatic rings. The number of hydrogen-bond acceptors (Lipinski definition) is 3. The SMILES string of the molecule is Cc1cc(C(O)=CC(=O)C(F)(F)F)c(C)o1. The van der Waals surface area contributed by atoms with Crippen molar-refractivity contribution in [2.24, 2.45) is 0 Å². The van der Waals surface area contributed by atoms with Crippen molar-refractivity contribution >= 4 is 11.5 Å². The zero-order chi connectivity index (χ0) is 12.5. The Balaban J connectivity index is 3.03. The number of carbonyl (C=O) groups excluding carboxylic acids is 1. The molecule has 0 aromatic carbocycles. The lowest BCUT2D eigenvalue weighted by molar-refractivity contribution is -0.165. The number of allylic oxidation sites excluding steroid dienone is 1. The fraction of sp³-hybridized carbons (Fsp3) is 0.300. The topological polar surface area (TPSA) is 50.4 Å². The van der Waals surface area contributed by atoms with E-state index in [0.717, 1.165) is 0 Å². The highest BCUT2D eigenvalue weighted by Crippen LogP contribution is 2.23. The van der Waals surface area contributed by atoms with Crippen molar-refractivity contribution in [3.8, 4) is 0 Å². The molecule has 0 atom stereocenters. The summed E-state index contributed by atoms with van der Waals surface area (Å²) in [5.74, 6) is -2.17. The van der Waals surface area contributed by atoms with E-state index in [9.17, 15) is 23.1 Å². The largest absolute Gasteiger partial charge is 0.507 e. The molecule has 0 unspecified atom stereocenters. The molecule has 0 saturated heterocycles. The molecule has 0 bridgehead atoms. The molecule has 0 amide bonds. The Bertz CT molecular complexity index is 441. The van der Waals surface area contributed by atoms with Crippen LogP contribution in [0.2, 0.25) is 0 Å². The Kier molecular flexibility index (Phi) is 3.11. The van der Waals surface area contributed by atoms with E-state index in [4.69, 9.17) is 4.42 Å². The first kappa shape index (κ1) is 12.4. The molecule has 0 saturated carbocycles. The lowest BCUT2D eigenvalue weighted by Crippen LogP contribution is -2.20. The van der Waals surface area contributed by atoms with Gasteiger partial charge in [0.05, 0.1) is 5.56 Å². The number of ketones is 1. The normalized spacial score (nSPS) is 12.9. The molecule has 1 aromatic rings. The van der Waals surface area contributed by atoms with Gasteiger partial charge in [-0.15, -0.1) is 0 Å². The summed E-state index contributed by atoms with van der Waals surface area (Å²) in [7, 11) is 0. The van der Waals surface area contributed by atoms with E-state index in [0.29, 0.717) is 5.76 Å². The highest BCUT2D eigenvalue weighted by molar-refractivity contribution is 5.99. The molecule has 0 aliphatic heterocycles. The third-order valence-electron chi connectivity index (χ3n) is 1.86. The van der Waals surface area contributed by atoms with Crippen molar-refractivity contribution in [2.45, 2.75) is 20.0 Å². The lowest BCUT2D eigenvalue weighted by atomic mass is 10.2. The predicted octanol–water partition coefficient (Wildman–Crippen LogP) is 2.93. The minimum atomic E-state index is -4.99. The van der Waals surface area contributed by atoms with E-state index in [1.807, 2.05) is 0 Å². The molecule has 0 spiro atoms. The number of carbonyl (C=O) groups is 1. The van der Waals surface area contributed by atoms with Crippen LogP contribution in [0.1, 0.15) is 17.1 Å². The van der Waals surface area contributed by atoms with Gasteiger partial charge in [0.25, 0.3) is 5.78 Å². The van der Waals surface area contributed by atoms with Gasteiger partial charge in [-0.2, -0.15) is 13.2 Å². The molecule has 0 fully saturated rings. The summed E-state index contributed by atoms with van der Waals surface area (Å²) in [5, 5.41) is 9.33. The van der Waals surface area contributed by atoms with Gasteiger partial charge >= 0.3 is 6.18 Å². The number of halogens is 3. The van der Waals surface area contributed by atoms with Crippen LogP contribution in [0, 0.1) is 13.8 Å². The maximum Gasteiger partial charge on any atom is 0.454 e. The maximum atomic E-state index is 11.9. The van der Waals surface area contributed by atoms with Crippen molar-refractivity contribution in [3.05, 3.63) is 29.2 Å². The summed E-state index contributed by atoms with van der Waals surface area (Å²) in [6.07, 6.45) is -4.85. The van der Waals surface area contributed by atoms with Crippen LogP contribution in [0.25, 0.3) is 5.76 Å². The fourth-order valence-electron chi connectivity index (χ4n) is 1.17. The van der Waals surface area contributed by atoms with Gasteiger partial charge in [0, 0.05) is 6.08 Å². The molecule has 1 rings (SSSR count). The third-order valence-corrected chi connectivity index (χ3v) is 1.86. The Morgan fingerprint density at radius 2 is 2.00 bits per heavy atom. The number of alkyl halides is 3. The van der Waals surface area contributed by atoms with E-state index >= 15 is 0 Å². The Morgan fingerprint density at radius 1 is 1.44 bits per heavy atom. The predicted molar refractivity (Wildman–Crippen MR) is 49.8 cm³/mol. The zero-order valence-electron chi connectivity index (χ0n) is 8.55. The van der Waals surface area contributed by atoms with Crippen molar-refractivity contribution < 1.29 is 27.5 Å². The van der Waals surface area contributed by atoms with Gasteiger partial charge in [0.15, 0.2) is 0 Å². The van der Waals surface area contributed by atoms with Gasteiger partial charge in [-0.25, -0.2) is 0 Å². The van der Waals surface area contributed by atoms with Crippen LogP contribution in [-0.2, 0) is 4.79 Å². The Morgan fingerprint density at radius 3 is 2.38 bits per heavy atom. The van der Waals surface area contributed by atoms with Gasteiger partial charge in [0.1, 0.15) is 17.3 Å². The summed E-state index contributed by atoms with van der Waals surface area (Å²) >= 11 is 0. The first-order valence-electron chi connectivity index (χ1n) is 4.31. The van der Waals surface area contributed by atoms with Crippen LogP contribution < -0.4 is 0 Å². The van der Waals surface area contributed by atoms with Crippen molar-refractivity contribution in [1.29, 1.82) is 0 Å². The van der Waals surface area contributed by atoms with Crippen molar-refractivity contribution in [3.63, 3.8) is 0 Å². The summed E-state index contributed by atoms with van der Waals surface area (Å²) in [6.45, 7) is 3.06. The van der Waals surface area contributed by atoms with E-state index in [2.05, 4.69) is 0 Å². The van der Waals surface area contributed by atoms with E-state index in [-0.39, 0.29) is 17.4 Å². The molecule has 3 nitrogen and oxygen atoms in total. The molecule has 1 heterocycles. The minimum Gasteiger partial charge on any atom is -0.507 e. The molecule has 88 valence electrons. The third kappa shape index (κ3) is 2.65. The van der Waals surface area contributed by atoms with Gasteiger partial charge in [0.2, 0.25) is 0 Å². The molecule has 16 heavy (non-hydrogen) atoms. The summed E-state index contributed by atoms with van der Waals surface area (Å²) in [4.78, 5) is 10.6. The average Bonchev–Trinajstić information content (AvgIpc) is 2.43. The van der Waals surface area contributed by atoms with Crippen LogP contribution >= 0.6 is 0 Å². The number of aliphatic hydroxyl groups excluding tert-OH is 1. The summed E-state index contributed by atoms with van der Waals surface area (Å²) < 4.78 is 40.7. The number of rotatable bonds is 2. The minimum absolute atomic E-state index is 0.0788. The molecular formula is C10H9F3O3. The van der Waals surface area contributed by atoms with E-state index < -0.39 is 17.7 Å². The molecule has 6 heteroatoms. The second kappa shape index (κ2) is 4.03. The first-order chi connectivity index (χ1) is 7.21. The zero-order valence-corrected chi connectivity index (χ0v) is 8.55. The molecule has 0 aliphatic carbocycles. The van der Waals surface area contributed by atoms with Crippen LogP contribution in [-0.4, -0.2) is 17.1 Å². The number of aliphatic hydroxyl groups is 1. The van der Waals surface area contributed by atoms with Crippen LogP contribution in [0.5, 0.6) is 0 Å².